The van der Waals surface area contributed by atoms with Crippen LogP contribution in [0.15, 0.2) is 23.1 Å². The van der Waals surface area contributed by atoms with Crippen LogP contribution in [0.3, 0.4) is 0 Å². The van der Waals surface area contributed by atoms with Crippen LogP contribution in [0.4, 0.5) is 5.69 Å². The maximum atomic E-state index is 5.93. The Morgan fingerprint density at radius 2 is 2.40 bits per heavy atom. The summed E-state index contributed by atoms with van der Waals surface area (Å²) in [6, 6.07) is 6.91. The van der Waals surface area contributed by atoms with Crippen molar-refractivity contribution in [1.82, 2.24) is 5.32 Å². The number of nitrogens with one attached hydrogen (secondary N) is 1. The van der Waals surface area contributed by atoms with Crippen LogP contribution in [0.2, 0.25) is 0 Å². The maximum Gasteiger partial charge on any atom is 0.0452 e. The van der Waals surface area contributed by atoms with Crippen molar-refractivity contribution in [3.63, 3.8) is 0 Å². The lowest BCUT2D eigenvalue weighted by Crippen LogP contribution is -2.23. The Balaban J connectivity index is 1.94. The highest BCUT2D eigenvalue weighted by Crippen LogP contribution is 2.27. The van der Waals surface area contributed by atoms with Crippen LogP contribution in [-0.2, 0) is 0 Å². The van der Waals surface area contributed by atoms with Gasteiger partial charge in [0.25, 0.3) is 0 Å². The van der Waals surface area contributed by atoms with Gasteiger partial charge in [-0.1, -0.05) is 6.07 Å². The fourth-order valence-corrected chi connectivity index (χ4v) is 3.03. The van der Waals surface area contributed by atoms with Crippen LogP contribution >= 0.6 is 11.8 Å². The molecular formula is C12H18N2S. The van der Waals surface area contributed by atoms with Gasteiger partial charge in [-0.3, -0.25) is 0 Å². The highest BCUT2D eigenvalue weighted by atomic mass is 32.2. The molecule has 0 bridgehead atoms. The molecule has 3 heteroatoms. The first-order valence-electron chi connectivity index (χ1n) is 5.48. The van der Waals surface area contributed by atoms with E-state index >= 15 is 0 Å². The molecule has 1 aliphatic rings. The number of nitrogens with two attached hydrogens (primary N) is 1. The molecule has 2 nitrogen and oxygen atoms in total. The zero-order valence-corrected chi connectivity index (χ0v) is 9.94. The lowest BCUT2D eigenvalue weighted by Gasteiger charge is -2.11. The molecular weight excluding hydrogens is 204 g/mol. The van der Waals surface area contributed by atoms with Gasteiger partial charge in [0, 0.05) is 22.4 Å². The van der Waals surface area contributed by atoms with Crippen LogP contribution in [0.1, 0.15) is 18.4 Å². The van der Waals surface area contributed by atoms with E-state index in [4.69, 9.17) is 5.73 Å². The summed E-state index contributed by atoms with van der Waals surface area (Å²) in [5, 5.41) is 3.50. The number of benzene rings is 1. The van der Waals surface area contributed by atoms with Crippen molar-refractivity contribution >= 4 is 17.4 Å². The van der Waals surface area contributed by atoms with Gasteiger partial charge in [-0.2, -0.15) is 0 Å². The molecule has 0 amide bonds. The van der Waals surface area contributed by atoms with Gasteiger partial charge in [0.15, 0.2) is 0 Å². The number of nitrogen functional groups attached to an aromatic ring is 1. The van der Waals surface area contributed by atoms with Crippen molar-refractivity contribution in [1.29, 1.82) is 0 Å². The number of rotatable bonds is 3. The molecule has 1 heterocycles. The Bertz CT molecular complexity index is 332. The molecule has 1 aromatic rings. The average molecular weight is 222 g/mol. The Labute approximate surface area is 95.6 Å². The van der Waals surface area contributed by atoms with Gasteiger partial charge in [0.2, 0.25) is 0 Å². The predicted molar refractivity (Wildman–Crippen MR) is 67.3 cm³/mol. The van der Waals surface area contributed by atoms with E-state index in [2.05, 4.69) is 24.4 Å². The van der Waals surface area contributed by atoms with E-state index in [0.717, 1.165) is 11.4 Å². The molecule has 1 aromatic carbocycles. The third-order valence-corrected chi connectivity index (χ3v) is 4.01. The molecule has 0 spiro atoms. The summed E-state index contributed by atoms with van der Waals surface area (Å²) in [5.74, 6) is 1.13. The lowest BCUT2D eigenvalue weighted by molar-refractivity contribution is 0.674. The minimum atomic E-state index is 0.676. The van der Waals surface area contributed by atoms with E-state index in [0.29, 0.717) is 6.04 Å². The summed E-state index contributed by atoms with van der Waals surface area (Å²) >= 11 is 1.87. The van der Waals surface area contributed by atoms with Crippen molar-refractivity contribution in [3.05, 3.63) is 23.8 Å². The Kier molecular flexibility index (Phi) is 3.54. The van der Waals surface area contributed by atoms with Crippen molar-refractivity contribution in [2.24, 2.45) is 0 Å². The summed E-state index contributed by atoms with van der Waals surface area (Å²) in [4.78, 5) is 1.23. The van der Waals surface area contributed by atoms with Gasteiger partial charge < -0.3 is 11.1 Å². The number of anilines is 1. The largest absolute Gasteiger partial charge is 0.398 e. The third-order valence-electron chi connectivity index (χ3n) is 2.77. The zero-order chi connectivity index (χ0) is 10.7. The third kappa shape index (κ3) is 2.89. The van der Waals surface area contributed by atoms with Gasteiger partial charge in [0.1, 0.15) is 0 Å². The molecule has 15 heavy (non-hydrogen) atoms. The fraction of sp³-hybridized carbons (Fsp3) is 0.500. The van der Waals surface area contributed by atoms with E-state index < -0.39 is 0 Å². The first kappa shape index (κ1) is 10.8. The van der Waals surface area contributed by atoms with Crippen molar-refractivity contribution in [3.8, 4) is 0 Å². The first-order chi connectivity index (χ1) is 7.25. The van der Waals surface area contributed by atoms with Crippen molar-refractivity contribution in [2.45, 2.75) is 30.7 Å². The van der Waals surface area contributed by atoms with Crippen molar-refractivity contribution in [2.75, 3.05) is 18.0 Å². The van der Waals surface area contributed by atoms with Gasteiger partial charge >= 0.3 is 0 Å². The van der Waals surface area contributed by atoms with Crippen LogP contribution in [0.5, 0.6) is 0 Å². The van der Waals surface area contributed by atoms with Crippen LogP contribution in [0, 0.1) is 6.92 Å². The molecule has 0 radical (unpaired) electrons. The second-order valence-corrected chi connectivity index (χ2v) is 5.21. The summed E-state index contributed by atoms with van der Waals surface area (Å²) in [6.45, 7) is 3.28. The topological polar surface area (TPSA) is 38.0 Å². The summed E-state index contributed by atoms with van der Waals surface area (Å²) in [5.41, 5.74) is 8.12. The number of aryl methyl sites for hydroxylation is 1. The smallest absolute Gasteiger partial charge is 0.0452 e. The molecule has 0 aromatic heterocycles. The average Bonchev–Trinajstić information content (AvgIpc) is 2.72. The van der Waals surface area contributed by atoms with E-state index in [1.165, 1.54) is 29.8 Å². The van der Waals surface area contributed by atoms with Gasteiger partial charge in [0.05, 0.1) is 0 Å². The summed E-state index contributed by atoms with van der Waals surface area (Å²) in [7, 11) is 0. The molecule has 1 aliphatic heterocycles. The van der Waals surface area contributed by atoms with Gasteiger partial charge in [-0.15, -0.1) is 11.8 Å². The van der Waals surface area contributed by atoms with Gasteiger partial charge in [-0.05, 0) is 44.0 Å². The molecule has 1 saturated heterocycles. The number of thioether (sulfide) groups is 1. The van der Waals surface area contributed by atoms with Crippen LogP contribution < -0.4 is 11.1 Å². The normalized spacial score (nSPS) is 20.7. The standard InChI is InChI=1S/C12H18N2S/c1-9-4-5-11(13)12(7-9)15-8-10-3-2-6-14-10/h4-5,7,10,14H,2-3,6,8,13H2,1H3/t10-/m0/s1. The maximum absolute atomic E-state index is 5.93. The lowest BCUT2D eigenvalue weighted by atomic mass is 10.2. The summed E-state index contributed by atoms with van der Waals surface area (Å²) in [6.07, 6.45) is 2.62. The second-order valence-electron chi connectivity index (χ2n) is 4.15. The van der Waals surface area contributed by atoms with Crippen LogP contribution in [0.25, 0.3) is 0 Å². The predicted octanol–water partition coefficient (Wildman–Crippen LogP) is 2.42. The number of hydrogen-bond donors (Lipinski definition) is 2. The highest BCUT2D eigenvalue weighted by molar-refractivity contribution is 7.99. The van der Waals surface area contributed by atoms with E-state index in [1.54, 1.807) is 0 Å². The minimum Gasteiger partial charge on any atom is -0.398 e. The first-order valence-corrected chi connectivity index (χ1v) is 6.46. The molecule has 0 aliphatic carbocycles. The Morgan fingerprint density at radius 3 is 3.13 bits per heavy atom. The fourth-order valence-electron chi connectivity index (χ4n) is 1.86. The van der Waals surface area contributed by atoms with Crippen molar-refractivity contribution < 1.29 is 0 Å². The summed E-state index contributed by atoms with van der Waals surface area (Å²) < 4.78 is 0. The Hall–Kier alpha value is -0.670. The second kappa shape index (κ2) is 4.90. The van der Waals surface area contributed by atoms with E-state index in [9.17, 15) is 0 Å². The van der Waals surface area contributed by atoms with Gasteiger partial charge in [-0.25, -0.2) is 0 Å². The molecule has 82 valence electrons. The molecule has 3 N–H and O–H groups in total. The molecule has 0 unspecified atom stereocenters. The molecule has 2 rings (SSSR count). The molecule has 1 fully saturated rings. The molecule has 0 saturated carbocycles. The monoisotopic (exact) mass is 222 g/mol. The highest BCUT2D eigenvalue weighted by Gasteiger charge is 2.14. The number of hydrogen-bond acceptors (Lipinski definition) is 3. The van der Waals surface area contributed by atoms with E-state index in [1.807, 2.05) is 17.8 Å². The van der Waals surface area contributed by atoms with E-state index in [-0.39, 0.29) is 0 Å². The minimum absolute atomic E-state index is 0.676. The quantitative estimate of drug-likeness (QED) is 0.609. The SMILES string of the molecule is Cc1ccc(N)c(SC[C@@H]2CCCN2)c1. The molecule has 1 atom stereocenters. The zero-order valence-electron chi connectivity index (χ0n) is 9.12. The Morgan fingerprint density at radius 1 is 1.53 bits per heavy atom. The van der Waals surface area contributed by atoms with Crippen LogP contribution in [-0.4, -0.2) is 18.3 Å².